The van der Waals surface area contributed by atoms with Crippen molar-refractivity contribution in [1.29, 1.82) is 0 Å². The number of rotatable bonds is 7. The normalized spacial score (nSPS) is 14.3. The Balaban J connectivity index is 1.42. The molecule has 6 aromatic carbocycles. The number of halogens is 2. The first-order chi connectivity index (χ1) is 21.9. The second kappa shape index (κ2) is 12.4. The maximum atomic E-state index is 14.0. The van der Waals surface area contributed by atoms with E-state index in [1.165, 1.54) is 6.07 Å². The average Bonchev–Trinajstić information content (AvgIpc) is 3.07. The van der Waals surface area contributed by atoms with Crippen molar-refractivity contribution in [3.8, 4) is 28.7 Å². The molecule has 0 aliphatic heterocycles. The van der Waals surface area contributed by atoms with E-state index in [1.807, 2.05) is 98.0 Å². The first-order valence-electron chi connectivity index (χ1n) is 14.7. The van der Waals surface area contributed by atoms with Crippen molar-refractivity contribution in [2.75, 3.05) is 0 Å². The van der Waals surface area contributed by atoms with E-state index in [0.29, 0.717) is 61.0 Å². The molecular formula is C37H30I2O7. The number of fused-ring (bicyclic) bond motifs is 4. The predicted molar refractivity (Wildman–Crippen MR) is 198 cm³/mol. The minimum atomic E-state index is -1.03. The second-order valence-corrected chi connectivity index (χ2v) is 15.2. The fourth-order valence-electron chi connectivity index (χ4n) is 5.72. The zero-order valence-corrected chi connectivity index (χ0v) is 29.5. The maximum absolute atomic E-state index is 14.0. The van der Waals surface area contributed by atoms with E-state index in [1.54, 1.807) is 24.3 Å². The van der Waals surface area contributed by atoms with Crippen molar-refractivity contribution >= 4 is 100 Å². The van der Waals surface area contributed by atoms with Gasteiger partial charge in [0, 0.05) is 43.6 Å². The highest BCUT2D eigenvalue weighted by atomic mass is 127. The summed E-state index contributed by atoms with van der Waals surface area (Å²) < 4.78 is 10.7. The summed E-state index contributed by atoms with van der Waals surface area (Å²) in [5, 5.41) is 36.5. The predicted octanol–water partition coefficient (Wildman–Crippen LogP) is 9.44. The molecule has 0 aliphatic carbocycles. The summed E-state index contributed by atoms with van der Waals surface area (Å²) in [6, 6.07) is 24.9. The largest absolute Gasteiger partial charge is 0.507 e. The SMILES string of the molecule is CCC(I)C(=O)Oc1c2ccc(C(C)C(C)(I)C(=O)Oc3c4ccccc4c(O)c4ccccc34)cc2cc2c(O)c(O)ccc12. The Morgan fingerprint density at radius 3 is 1.89 bits per heavy atom. The number of hydrogen-bond acceptors (Lipinski definition) is 7. The number of benzene rings is 6. The van der Waals surface area contributed by atoms with E-state index < -0.39 is 15.4 Å². The highest BCUT2D eigenvalue weighted by molar-refractivity contribution is 14.1. The van der Waals surface area contributed by atoms with Crippen LogP contribution < -0.4 is 9.47 Å². The van der Waals surface area contributed by atoms with Gasteiger partial charge in [0.25, 0.3) is 0 Å². The second-order valence-electron chi connectivity index (χ2n) is 11.5. The zero-order chi connectivity index (χ0) is 32.9. The Hall–Kier alpha value is -3.84. The Bertz CT molecular complexity index is 2130. The standard InChI is InChI=1S/C37H30I2O7/c1-4-29(38)35(43)45-33-22-14-13-20(17-21(22)18-28-27(33)15-16-30(40)32(28)42)19(2)37(3,39)36(44)46-34-25-11-7-5-9-23(25)31(41)24-10-6-8-12-26(24)34/h5-19,29,40-42H,4H2,1-3H3. The highest BCUT2D eigenvalue weighted by Crippen LogP contribution is 2.46. The molecule has 0 aliphatic rings. The zero-order valence-electron chi connectivity index (χ0n) is 25.2. The van der Waals surface area contributed by atoms with E-state index in [4.69, 9.17) is 9.47 Å². The minimum absolute atomic E-state index is 0.133. The molecule has 0 fully saturated rings. The lowest BCUT2D eigenvalue weighted by Crippen LogP contribution is -2.37. The van der Waals surface area contributed by atoms with Gasteiger partial charge in [0.15, 0.2) is 11.5 Å². The Morgan fingerprint density at radius 1 is 0.739 bits per heavy atom. The van der Waals surface area contributed by atoms with Gasteiger partial charge < -0.3 is 24.8 Å². The van der Waals surface area contributed by atoms with E-state index in [9.17, 15) is 24.9 Å². The molecule has 6 aromatic rings. The molecule has 6 rings (SSSR count). The van der Waals surface area contributed by atoms with Crippen molar-refractivity contribution in [2.24, 2.45) is 0 Å². The lowest BCUT2D eigenvalue weighted by atomic mass is 9.87. The third kappa shape index (κ3) is 5.46. The highest BCUT2D eigenvalue weighted by Gasteiger charge is 2.40. The molecule has 7 nitrogen and oxygen atoms in total. The van der Waals surface area contributed by atoms with Gasteiger partial charge in [-0.1, -0.05) is 126 Å². The molecule has 46 heavy (non-hydrogen) atoms. The molecule has 0 spiro atoms. The van der Waals surface area contributed by atoms with E-state index in [2.05, 4.69) is 22.6 Å². The van der Waals surface area contributed by atoms with Gasteiger partial charge in [-0.25, -0.2) is 0 Å². The molecule has 9 heteroatoms. The number of ether oxygens (including phenoxy) is 2. The maximum Gasteiger partial charge on any atom is 0.327 e. The molecule has 3 unspecified atom stereocenters. The molecule has 0 bridgehead atoms. The van der Waals surface area contributed by atoms with Crippen LogP contribution in [0, 0.1) is 0 Å². The molecule has 3 N–H and O–H groups in total. The van der Waals surface area contributed by atoms with Crippen molar-refractivity contribution in [1.82, 2.24) is 0 Å². The molecule has 0 radical (unpaired) electrons. The lowest BCUT2D eigenvalue weighted by molar-refractivity contribution is -0.136. The van der Waals surface area contributed by atoms with Crippen LogP contribution in [0.5, 0.6) is 28.7 Å². The smallest absolute Gasteiger partial charge is 0.327 e. The summed E-state index contributed by atoms with van der Waals surface area (Å²) in [4.78, 5) is 26.9. The number of carbonyl (C=O) groups is 2. The Morgan fingerprint density at radius 2 is 1.28 bits per heavy atom. The van der Waals surface area contributed by atoms with Gasteiger partial charge >= 0.3 is 11.9 Å². The Kier molecular flexibility index (Phi) is 8.66. The molecule has 0 saturated carbocycles. The summed E-state index contributed by atoms with van der Waals surface area (Å²) in [5.41, 5.74) is 0.818. The molecule has 0 amide bonds. The van der Waals surface area contributed by atoms with Gasteiger partial charge in [0.2, 0.25) is 0 Å². The average molecular weight is 840 g/mol. The summed E-state index contributed by atoms with van der Waals surface area (Å²) in [7, 11) is 0. The van der Waals surface area contributed by atoms with Crippen LogP contribution in [0.15, 0.2) is 84.9 Å². The number of phenolic OH excluding ortho intramolecular Hbond substituents is 3. The van der Waals surface area contributed by atoms with E-state index in [-0.39, 0.29) is 27.1 Å². The quantitative estimate of drug-likeness (QED) is 0.0367. The number of aromatic hydroxyl groups is 3. The number of phenols is 3. The fourth-order valence-corrected chi connectivity index (χ4v) is 6.31. The van der Waals surface area contributed by atoms with Gasteiger partial charge in [0.1, 0.15) is 24.6 Å². The number of alkyl halides is 2. The minimum Gasteiger partial charge on any atom is -0.507 e. The van der Waals surface area contributed by atoms with Crippen molar-refractivity contribution in [3.05, 3.63) is 90.5 Å². The third-order valence-corrected chi connectivity index (χ3v) is 11.4. The van der Waals surface area contributed by atoms with Crippen molar-refractivity contribution in [2.45, 2.75) is 40.5 Å². The molecule has 0 aromatic heterocycles. The summed E-state index contributed by atoms with van der Waals surface area (Å²) >= 11 is 4.17. The molecule has 234 valence electrons. The van der Waals surface area contributed by atoms with Gasteiger partial charge in [-0.15, -0.1) is 0 Å². The molecule has 0 heterocycles. The van der Waals surface area contributed by atoms with Crippen LogP contribution in [0.25, 0.3) is 43.1 Å². The summed E-state index contributed by atoms with van der Waals surface area (Å²) in [6.45, 7) is 5.66. The first-order valence-corrected chi connectivity index (χ1v) is 17.1. The van der Waals surface area contributed by atoms with Crippen molar-refractivity contribution in [3.63, 3.8) is 0 Å². The van der Waals surface area contributed by atoms with Gasteiger partial charge in [-0.3, -0.25) is 9.59 Å². The van der Waals surface area contributed by atoms with E-state index in [0.717, 1.165) is 5.56 Å². The number of carbonyl (C=O) groups excluding carboxylic acids is 2. The van der Waals surface area contributed by atoms with Crippen LogP contribution in [-0.4, -0.2) is 34.6 Å². The van der Waals surface area contributed by atoms with Crippen LogP contribution in [0.2, 0.25) is 0 Å². The third-order valence-electron chi connectivity index (χ3n) is 8.64. The Labute approximate surface area is 292 Å². The van der Waals surface area contributed by atoms with Gasteiger partial charge in [0.05, 0.1) is 0 Å². The van der Waals surface area contributed by atoms with Crippen LogP contribution in [0.1, 0.15) is 38.7 Å². The monoisotopic (exact) mass is 840 g/mol. The van der Waals surface area contributed by atoms with Gasteiger partial charge in [-0.2, -0.15) is 0 Å². The van der Waals surface area contributed by atoms with Crippen LogP contribution in [-0.2, 0) is 9.59 Å². The first kappa shape index (κ1) is 32.1. The topological polar surface area (TPSA) is 113 Å². The summed E-state index contributed by atoms with van der Waals surface area (Å²) in [5.74, 6) is -0.991. The number of hydrogen-bond donors (Lipinski definition) is 3. The van der Waals surface area contributed by atoms with Gasteiger partial charge in [-0.05, 0) is 42.5 Å². The number of esters is 2. The molecule has 0 saturated heterocycles. The summed E-state index contributed by atoms with van der Waals surface area (Å²) in [6.07, 6.45) is 0.593. The van der Waals surface area contributed by atoms with Crippen molar-refractivity contribution < 1.29 is 34.4 Å². The van der Waals surface area contributed by atoms with Crippen LogP contribution >= 0.6 is 45.2 Å². The van der Waals surface area contributed by atoms with Crippen LogP contribution in [0.3, 0.4) is 0 Å². The van der Waals surface area contributed by atoms with E-state index >= 15 is 0 Å². The lowest BCUT2D eigenvalue weighted by Gasteiger charge is -2.29. The van der Waals surface area contributed by atoms with Crippen LogP contribution in [0.4, 0.5) is 0 Å². The fraction of sp³-hybridized carbons (Fsp3) is 0.189. The molecular weight excluding hydrogens is 810 g/mol. The molecule has 3 atom stereocenters.